The molecule has 0 unspecified atom stereocenters. The van der Waals surface area contributed by atoms with Crippen LogP contribution < -0.4 is 15.0 Å². The number of H-pyrrole nitrogens is 1. The second-order valence-electron chi connectivity index (χ2n) is 3.32. The summed E-state index contributed by atoms with van der Waals surface area (Å²) in [7, 11) is 3.10. The molecule has 0 aliphatic heterocycles. The predicted molar refractivity (Wildman–Crippen MR) is 63.4 cm³/mol. The van der Waals surface area contributed by atoms with Crippen LogP contribution in [0.25, 0.3) is 11.4 Å². The van der Waals surface area contributed by atoms with Gasteiger partial charge in [-0.1, -0.05) is 6.07 Å². The maximum atomic E-state index is 11.3. The van der Waals surface area contributed by atoms with E-state index in [1.807, 2.05) is 6.07 Å². The first-order chi connectivity index (χ1) is 8.26. The van der Waals surface area contributed by atoms with Gasteiger partial charge in [0.2, 0.25) is 0 Å². The largest absolute Gasteiger partial charge is 0.493 e. The molecule has 88 valence electrons. The molecule has 0 spiro atoms. The fraction of sp³-hybridized carbons (Fsp3) is 0.167. The molecular weight excluding hydrogens is 220 g/mol. The molecular formula is C12H12N2O3. The second kappa shape index (κ2) is 4.69. The van der Waals surface area contributed by atoms with E-state index in [2.05, 4.69) is 9.97 Å². The van der Waals surface area contributed by atoms with Gasteiger partial charge in [-0.05, 0) is 12.1 Å². The first-order valence-corrected chi connectivity index (χ1v) is 5.03. The van der Waals surface area contributed by atoms with Crippen molar-refractivity contribution < 1.29 is 9.47 Å². The summed E-state index contributed by atoms with van der Waals surface area (Å²) in [5, 5.41) is 0. The Morgan fingerprint density at radius 2 is 2.00 bits per heavy atom. The van der Waals surface area contributed by atoms with Gasteiger partial charge in [0.25, 0.3) is 5.56 Å². The minimum Gasteiger partial charge on any atom is -0.493 e. The summed E-state index contributed by atoms with van der Waals surface area (Å²) in [5.41, 5.74) is 0.476. The van der Waals surface area contributed by atoms with E-state index in [1.54, 1.807) is 26.4 Å². The zero-order chi connectivity index (χ0) is 12.3. The van der Waals surface area contributed by atoms with E-state index in [9.17, 15) is 4.79 Å². The van der Waals surface area contributed by atoms with Gasteiger partial charge in [-0.3, -0.25) is 4.79 Å². The summed E-state index contributed by atoms with van der Waals surface area (Å²) >= 11 is 0. The average molecular weight is 232 g/mol. The molecule has 0 radical (unpaired) electrons. The first kappa shape index (κ1) is 11.2. The first-order valence-electron chi connectivity index (χ1n) is 5.03. The van der Waals surface area contributed by atoms with Gasteiger partial charge in [0, 0.05) is 12.3 Å². The van der Waals surface area contributed by atoms with E-state index in [0.29, 0.717) is 22.9 Å². The maximum Gasteiger partial charge on any atom is 0.251 e. The highest BCUT2D eigenvalue weighted by Crippen LogP contribution is 2.35. The summed E-state index contributed by atoms with van der Waals surface area (Å²) in [4.78, 5) is 18.0. The summed E-state index contributed by atoms with van der Waals surface area (Å²) < 4.78 is 10.5. The molecule has 2 aromatic rings. The number of benzene rings is 1. The normalized spacial score (nSPS) is 10.0. The summed E-state index contributed by atoms with van der Waals surface area (Å²) in [6.07, 6.45) is 1.45. The van der Waals surface area contributed by atoms with Crippen LogP contribution in [0.1, 0.15) is 0 Å². The van der Waals surface area contributed by atoms with E-state index in [4.69, 9.17) is 9.47 Å². The summed E-state index contributed by atoms with van der Waals surface area (Å²) in [6, 6.07) is 6.75. The molecule has 0 aliphatic rings. The Morgan fingerprint density at radius 3 is 2.65 bits per heavy atom. The molecule has 0 saturated heterocycles. The third-order valence-corrected chi connectivity index (χ3v) is 2.33. The number of hydrogen-bond acceptors (Lipinski definition) is 4. The summed E-state index contributed by atoms with van der Waals surface area (Å²) in [5.74, 6) is 1.59. The number of nitrogens with zero attached hydrogens (tertiary/aromatic N) is 1. The number of methoxy groups -OCH3 is 2. The topological polar surface area (TPSA) is 64.2 Å². The lowest BCUT2D eigenvalue weighted by atomic mass is 10.1. The van der Waals surface area contributed by atoms with Crippen molar-refractivity contribution in [3.8, 4) is 22.9 Å². The van der Waals surface area contributed by atoms with Crippen LogP contribution in [0.15, 0.2) is 35.3 Å². The lowest BCUT2D eigenvalue weighted by Crippen LogP contribution is -2.06. The van der Waals surface area contributed by atoms with Gasteiger partial charge in [0.05, 0.1) is 19.8 Å². The number of ether oxygens (including phenoxy) is 2. The number of hydrogen-bond donors (Lipinski definition) is 1. The van der Waals surface area contributed by atoms with Gasteiger partial charge < -0.3 is 14.5 Å². The summed E-state index contributed by atoms with van der Waals surface area (Å²) in [6.45, 7) is 0. The Morgan fingerprint density at radius 1 is 1.18 bits per heavy atom. The number of rotatable bonds is 3. The highest BCUT2D eigenvalue weighted by Gasteiger charge is 2.12. The number of aromatic amines is 1. The molecule has 1 aromatic carbocycles. The maximum absolute atomic E-state index is 11.3. The van der Waals surface area contributed by atoms with Crippen LogP contribution in [0.5, 0.6) is 11.5 Å². The third-order valence-electron chi connectivity index (χ3n) is 2.33. The Balaban J connectivity index is 2.63. The molecule has 17 heavy (non-hydrogen) atoms. The average Bonchev–Trinajstić information content (AvgIpc) is 2.37. The van der Waals surface area contributed by atoms with Gasteiger partial charge in [0.15, 0.2) is 11.5 Å². The van der Waals surface area contributed by atoms with Crippen molar-refractivity contribution in [1.29, 1.82) is 0 Å². The van der Waals surface area contributed by atoms with Gasteiger partial charge in [0.1, 0.15) is 5.82 Å². The highest BCUT2D eigenvalue weighted by molar-refractivity contribution is 5.68. The second-order valence-corrected chi connectivity index (χ2v) is 3.32. The quantitative estimate of drug-likeness (QED) is 0.870. The van der Waals surface area contributed by atoms with Crippen LogP contribution in [0, 0.1) is 0 Å². The molecule has 1 N–H and O–H groups in total. The Kier molecular flexibility index (Phi) is 3.09. The number of nitrogens with one attached hydrogen (secondary N) is 1. The molecule has 2 rings (SSSR count). The molecule has 0 fully saturated rings. The van der Waals surface area contributed by atoms with E-state index in [-0.39, 0.29) is 5.56 Å². The minimum absolute atomic E-state index is 0.208. The SMILES string of the molecule is COc1cccc(-c2nccc(=O)[nH]2)c1OC. The molecule has 1 aromatic heterocycles. The predicted octanol–water partition coefficient (Wildman–Crippen LogP) is 1.45. The Bertz CT molecular complexity index is 578. The van der Waals surface area contributed by atoms with Crippen molar-refractivity contribution in [3.05, 3.63) is 40.8 Å². The number of para-hydroxylation sites is 1. The number of aromatic nitrogens is 2. The minimum atomic E-state index is -0.208. The van der Waals surface area contributed by atoms with E-state index < -0.39 is 0 Å². The van der Waals surface area contributed by atoms with Crippen LogP contribution in [-0.2, 0) is 0 Å². The Hall–Kier alpha value is -2.30. The van der Waals surface area contributed by atoms with Crippen LogP contribution in [0.4, 0.5) is 0 Å². The van der Waals surface area contributed by atoms with E-state index in [0.717, 1.165) is 0 Å². The van der Waals surface area contributed by atoms with Gasteiger partial charge in [-0.2, -0.15) is 0 Å². The van der Waals surface area contributed by atoms with Gasteiger partial charge in [-0.15, -0.1) is 0 Å². The van der Waals surface area contributed by atoms with Crippen LogP contribution >= 0.6 is 0 Å². The fourth-order valence-corrected chi connectivity index (χ4v) is 1.58. The monoisotopic (exact) mass is 232 g/mol. The molecule has 0 aliphatic carbocycles. The zero-order valence-electron chi connectivity index (χ0n) is 9.56. The molecule has 0 bridgehead atoms. The standard InChI is InChI=1S/C12H12N2O3/c1-16-9-5-3-4-8(11(9)17-2)12-13-7-6-10(15)14-12/h3-7H,1-2H3,(H,13,14,15). The van der Waals surface area contributed by atoms with Crippen LogP contribution in [0.2, 0.25) is 0 Å². The van der Waals surface area contributed by atoms with Crippen molar-refractivity contribution in [1.82, 2.24) is 9.97 Å². The lowest BCUT2D eigenvalue weighted by molar-refractivity contribution is 0.356. The van der Waals surface area contributed by atoms with Crippen molar-refractivity contribution >= 4 is 0 Å². The molecule has 0 saturated carbocycles. The molecule has 5 heteroatoms. The van der Waals surface area contributed by atoms with E-state index >= 15 is 0 Å². The molecule has 0 amide bonds. The van der Waals surface area contributed by atoms with Gasteiger partial charge >= 0.3 is 0 Å². The highest BCUT2D eigenvalue weighted by atomic mass is 16.5. The van der Waals surface area contributed by atoms with Crippen LogP contribution in [-0.4, -0.2) is 24.2 Å². The fourth-order valence-electron chi connectivity index (χ4n) is 1.58. The molecule has 0 atom stereocenters. The molecule has 5 nitrogen and oxygen atoms in total. The zero-order valence-corrected chi connectivity index (χ0v) is 9.56. The van der Waals surface area contributed by atoms with E-state index in [1.165, 1.54) is 12.3 Å². The smallest absolute Gasteiger partial charge is 0.251 e. The Labute approximate surface area is 98.0 Å². The lowest BCUT2D eigenvalue weighted by Gasteiger charge is -2.11. The van der Waals surface area contributed by atoms with Gasteiger partial charge in [-0.25, -0.2) is 4.98 Å². The van der Waals surface area contributed by atoms with Crippen molar-refractivity contribution in [2.45, 2.75) is 0 Å². The molecule has 1 heterocycles. The van der Waals surface area contributed by atoms with Crippen molar-refractivity contribution in [3.63, 3.8) is 0 Å². The van der Waals surface area contributed by atoms with Crippen molar-refractivity contribution in [2.75, 3.05) is 14.2 Å². The van der Waals surface area contributed by atoms with Crippen molar-refractivity contribution in [2.24, 2.45) is 0 Å². The third kappa shape index (κ3) is 2.13. The van der Waals surface area contributed by atoms with Crippen LogP contribution in [0.3, 0.4) is 0 Å².